The van der Waals surface area contributed by atoms with Gasteiger partial charge in [-0.2, -0.15) is 5.10 Å². The van der Waals surface area contributed by atoms with Crippen LogP contribution in [-0.2, 0) is 0 Å². The first kappa shape index (κ1) is 9.90. The van der Waals surface area contributed by atoms with Crippen molar-refractivity contribution in [2.45, 2.75) is 0 Å². The topological polar surface area (TPSA) is 48.7 Å². The van der Waals surface area contributed by atoms with E-state index in [2.05, 4.69) is 10.1 Å². The predicted octanol–water partition coefficient (Wildman–Crippen LogP) is 2.23. The highest BCUT2D eigenvalue weighted by atomic mass is 32.1. The Kier molecular flexibility index (Phi) is 2.04. The molecular weight excluding hydrogens is 250 g/mol. The van der Waals surface area contributed by atoms with E-state index in [9.17, 15) is 0 Å². The van der Waals surface area contributed by atoms with Gasteiger partial charge in [-0.1, -0.05) is 11.3 Å². The first-order valence-corrected chi connectivity index (χ1v) is 6.47. The van der Waals surface area contributed by atoms with Gasteiger partial charge in [-0.05, 0) is 18.2 Å². The van der Waals surface area contributed by atoms with Crippen LogP contribution >= 0.6 is 11.3 Å². The molecule has 5 nitrogen and oxygen atoms in total. The Hall–Kier alpha value is -2.08. The number of nitrogens with zero attached hydrogens (tertiary/aromatic N) is 3. The molecule has 90 valence electrons. The fourth-order valence-corrected chi connectivity index (χ4v) is 2.58. The van der Waals surface area contributed by atoms with Gasteiger partial charge in [0.1, 0.15) is 18.7 Å². The average molecular weight is 259 g/mol. The number of ether oxygens (including phenoxy) is 2. The Labute approximate surface area is 107 Å². The minimum absolute atomic E-state index is 0.594. The predicted molar refractivity (Wildman–Crippen MR) is 67.3 cm³/mol. The molecule has 0 saturated heterocycles. The standard InChI is InChI=1S/C12H9N3O2S/c1-2-10-11(17-4-3-16-10)5-8(1)9-6-15-12(14-9)18-7-13-15/h1-2,5-7H,3-4H2. The first-order valence-electron chi connectivity index (χ1n) is 5.59. The lowest BCUT2D eigenvalue weighted by Crippen LogP contribution is -2.15. The molecule has 3 aromatic rings. The monoisotopic (exact) mass is 259 g/mol. The van der Waals surface area contributed by atoms with Gasteiger partial charge in [0, 0.05) is 5.56 Å². The number of hydrogen-bond acceptors (Lipinski definition) is 5. The van der Waals surface area contributed by atoms with Crippen molar-refractivity contribution >= 4 is 16.3 Å². The fourth-order valence-electron chi connectivity index (χ4n) is 1.98. The van der Waals surface area contributed by atoms with E-state index >= 15 is 0 Å². The van der Waals surface area contributed by atoms with Crippen LogP contribution in [0.4, 0.5) is 0 Å². The molecule has 1 aliphatic rings. The summed E-state index contributed by atoms with van der Waals surface area (Å²) in [6, 6.07) is 5.87. The first-order chi connectivity index (χ1) is 8.90. The van der Waals surface area contributed by atoms with Gasteiger partial charge in [0.05, 0.1) is 11.9 Å². The number of imidazole rings is 1. The Bertz CT molecular complexity index is 691. The van der Waals surface area contributed by atoms with Gasteiger partial charge in [0.15, 0.2) is 11.5 Å². The zero-order valence-corrected chi connectivity index (χ0v) is 10.2. The lowest BCUT2D eigenvalue weighted by atomic mass is 10.1. The minimum atomic E-state index is 0.594. The number of rotatable bonds is 1. The zero-order valence-electron chi connectivity index (χ0n) is 9.37. The molecule has 2 aromatic heterocycles. The summed E-state index contributed by atoms with van der Waals surface area (Å²) in [6.07, 6.45) is 1.91. The third-order valence-electron chi connectivity index (χ3n) is 2.82. The molecule has 0 fully saturated rings. The van der Waals surface area contributed by atoms with E-state index in [0.29, 0.717) is 13.2 Å². The molecule has 0 bridgehead atoms. The lowest BCUT2D eigenvalue weighted by molar-refractivity contribution is 0.171. The van der Waals surface area contributed by atoms with Crippen molar-refractivity contribution < 1.29 is 9.47 Å². The molecule has 0 atom stereocenters. The van der Waals surface area contributed by atoms with Crippen molar-refractivity contribution in [3.8, 4) is 22.8 Å². The summed E-state index contributed by atoms with van der Waals surface area (Å²) in [4.78, 5) is 5.40. The summed E-state index contributed by atoms with van der Waals surface area (Å²) in [6.45, 7) is 1.20. The molecule has 0 radical (unpaired) electrons. The molecule has 1 aliphatic heterocycles. The molecule has 1 aromatic carbocycles. The van der Waals surface area contributed by atoms with Crippen molar-refractivity contribution in [1.29, 1.82) is 0 Å². The summed E-state index contributed by atoms with van der Waals surface area (Å²) in [7, 11) is 0. The SMILES string of the molecule is c1nn2cc(-c3ccc4c(c3)OCCO4)nc2s1. The minimum Gasteiger partial charge on any atom is -0.486 e. The molecule has 4 rings (SSSR count). The van der Waals surface area contributed by atoms with Crippen LogP contribution in [-0.4, -0.2) is 27.8 Å². The molecule has 0 N–H and O–H groups in total. The molecule has 6 heteroatoms. The van der Waals surface area contributed by atoms with Gasteiger partial charge in [-0.15, -0.1) is 0 Å². The van der Waals surface area contributed by atoms with Crippen molar-refractivity contribution in [3.05, 3.63) is 29.9 Å². The van der Waals surface area contributed by atoms with Gasteiger partial charge < -0.3 is 9.47 Å². The number of benzene rings is 1. The second-order valence-corrected chi connectivity index (χ2v) is 4.76. The third kappa shape index (κ3) is 1.46. The van der Waals surface area contributed by atoms with E-state index in [0.717, 1.165) is 27.7 Å². The Balaban J connectivity index is 1.82. The van der Waals surface area contributed by atoms with Gasteiger partial charge in [0.25, 0.3) is 0 Å². The fraction of sp³-hybridized carbons (Fsp3) is 0.167. The average Bonchev–Trinajstić information content (AvgIpc) is 2.99. The van der Waals surface area contributed by atoms with Gasteiger partial charge in [-0.25, -0.2) is 9.50 Å². The summed E-state index contributed by atoms with van der Waals surface area (Å²) < 4.78 is 12.8. The summed E-state index contributed by atoms with van der Waals surface area (Å²) in [5.41, 5.74) is 3.68. The highest BCUT2D eigenvalue weighted by molar-refractivity contribution is 7.14. The van der Waals surface area contributed by atoms with Gasteiger partial charge in [0.2, 0.25) is 4.96 Å². The van der Waals surface area contributed by atoms with E-state index in [4.69, 9.17) is 9.47 Å². The van der Waals surface area contributed by atoms with E-state index < -0.39 is 0 Å². The molecule has 0 spiro atoms. The van der Waals surface area contributed by atoms with E-state index in [1.54, 1.807) is 10.0 Å². The summed E-state index contributed by atoms with van der Waals surface area (Å²) in [5, 5.41) is 4.17. The normalized spacial score (nSPS) is 14.0. The van der Waals surface area contributed by atoms with E-state index in [1.165, 1.54) is 11.3 Å². The molecule has 18 heavy (non-hydrogen) atoms. The van der Waals surface area contributed by atoms with Crippen LogP contribution in [0.2, 0.25) is 0 Å². The second-order valence-electron chi connectivity index (χ2n) is 3.95. The Morgan fingerprint density at radius 2 is 2.06 bits per heavy atom. The van der Waals surface area contributed by atoms with Crippen LogP contribution in [0.1, 0.15) is 0 Å². The second kappa shape index (κ2) is 3.71. The smallest absolute Gasteiger partial charge is 0.212 e. The van der Waals surface area contributed by atoms with Crippen molar-refractivity contribution in [2.75, 3.05) is 13.2 Å². The van der Waals surface area contributed by atoms with E-state index in [-0.39, 0.29) is 0 Å². The number of fused-ring (bicyclic) bond motifs is 2. The molecule has 0 aliphatic carbocycles. The molecule has 0 amide bonds. The third-order valence-corrected chi connectivity index (χ3v) is 3.51. The maximum Gasteiger partial charge on any atom is 0.212 e. The molecular formula is C12H9N3O2S. The van der Waals surface area contributed by atoms with Crippen LogP contribution in [0.15, 0.2) is 29.9 Å². The van der Waals surface area contributed by atoms with Crippen LogP contribution in [0.5, 0.6) is 11.5 Å². The van der Waals surface area contributed by atoms with Crippen LogP contribution < -0.4 is 9.47 Å². The van der Waals surface area contributed by atoms with Crippen LogP contribution in [0, 0.1) is 0 Å². The summed E-state index contributed by atoms with van der Waals surface area (Å²) in [5.74, 6) is 1.58. The van der Waals surface area contributed by atoms with Crippen molar-refractivity contribution in [2.24, 2.45) is 0 Å². The number of hydrogen-bond donors (Lipinski definition) is 0. The highest BCUT2D eigenvalue weighted by Gasteiger charge is 2.14. The van der Waals surface area contributed by atoms with E-state index in [1.807, 2.05) is 24.4 Å². The molecule has 0 unspecified atom stereocenters. The Morgan fingerprint density at radius 3 is 2.94 bits per heavy atom. The molecule has 3 heterocycles. The van der Waals surface area contributed by atoms with Gasteiger partial charge >= 0.3 is 0 Å². The largest absolute Gasteiger partial charge is 0.486 e. The number of aromatic nitrogens is 3. The van der Waals surface area contributed by atoms with Crippen LogP contribution in [0.3, 0.4) is 0 Å². The van der Waals surface area contributed by atoms with Crippen molar-refractivity contribution in [3.63, 3.8) is 0 Å². The highest BCUT2D eigenvalue weighted by Crippen LogP contribution is 2.34. The molecule has 0 saturated carbocycles. The lowest BCUT2D eigenvalue weighted by Gasteiger charge is -2.18. The quantitative estimate of drug-likeness (QED) is 0.672. The zero-order chi connectivity index (χ0) is 11.9. The maximum absolute atomic E-state index is 5.57. The summed E-state index contributed by atoms with van der Waals surface area (Å²) >= 11 is 1.52. The Morgan fingerprint density at radius 1 is 1.17 bits per heavy atom. The van der Waals surface area contributed by atoms with Gasteiger partial charge in [-0.3, -0.25) is 0 Å². The van der Waals surface area contributed by atoms with Crippen LogP contribution in [0.25, 0.3) is 16.2 Å². The van der Waals surface area contributed by atoms with Crippen molar-refractivity contribution in [1.82, 2.24) is 14.6 Å². The maximum atomic E-state index is 5.57.